The zero-order valence-electron chi connectivity index (χ0n) is 18.8. The Bertz CT molecular complexity index is 1500. The second-order valence-electron chi connectivity index (χ2n) is 8.05. The van der Waals surface area contributed by atoms with Crippen LogP contribution >= 0.6 is 0 Å². The number of hydrogen-bond acceptors (Lipinski definition) is 7. The van der Waals surface area contributed by atoms with Gasteiger partial charge in [0.05, 0.1) is 18.4 Å². The second-order valence-corrected chi connectivity index (χ2v) is 8.05. The van der Waals surface area contributed by atoms with Crippen molar-refractivity contribution >= 4 is 11.6 Å². The fourth-order valence-corrected chi connectivity index (χ4v) is 4.48. The van der Waals surface area contributed by atoms with Gasteiger partial charge in [-0.25, -0.2) is 14.4 Å². The van der Waals surface area contributed by atoms with Crippen molar-refractivity contribution in [2.45, 2.75) is 26.3 Å². The quantitative estimate of drug-likeness (QED) is 0.407. The minimum atomic E-state index is -0.301. The van der Waals surface area contributed by atoms with Crippen LogP contribution < -0.4 is 4.90 Å². The summed E-state index contributed by atoms with van der Waals surface area (Å²) in [5.41, 5.74) is 1.55. The summed E-state index contributed by atoms with van der Waals surface area (Å²) in [4.78, 5) is 16.3. The number of aromatic nitrogens is 9. The highest BCUT2D eigenvalue weighted by atomic mass is 19.1. The number of rotatable bonds is 4. The Balaban J connectivity index is 1.56. The third kappa shape index (κ3) is 2.93. The van der Waals surface area contributed by atoms with Gasteiger partial charge in [-0.1, -0.05) is 6.92 Å². The predicted molar refractivity (Wildman–Crippen MR) is 123 cm³/mol. The van der Waals surface area contributed by atoms with Crippen molar-refractivity contribution in [3.63, 3.8) is 0 Å². The Kier molecular flexibility index (Phi) is 4.51. The molecule has 1 atom stereocenters. The van der Waals surface area contributed by atoms with Crippen molar-refractivity contribution in [3.8, 4) is 23.0 Å². The lowest BCUT2D eigenvalue weighted by Crippen LogP contribution is -2.34. The average Bonchev–Trinajstić information content (AvgIpc) is 3.59. The lowest BCUT2D eigenvalue weighted by Gasteiger charge is -2.36. The van der Waals surface area contributed by atoms with Crippen LogP contribution in [0.1, 0.15) is 31.0 Å². The maximum Gasteiger partial charge on any atom is 0.237 e. The molecule has 4 aromatic heterocycles. The molecular formula is C23H21FN10. The van der Waals surface area contributed by atoms with Crippen LogP contribution in [-0.4, -0.2) is 44.1 Å². The fraction of sp³-hybridized carbons (Fsp3) is 0.217. The van der Waals surface area contributed by atoms with Crippen LogP contribution in [0.3, 0.4) is 0 Å². The van der Waals surface area contributed by atoms with Crippen molar-refractivity contribution in [3.05, 3.63) is 72.6 Å². The number of anilines is 2. The van der Waals surface area contributed by atoms with Crippen LogP contribution in [0.15, 0.2) is 55.1 Å². The Morgan fingerprint density at radius 1 is 1.03 bits per heavy atom. The molecule has 1 aromatic carbocycles. The van der Waals surface area contributed by atoms with Gasteiger partial charge in [0, 0.05) is 31.1 Å². The topological polar surface area (TPSA) is 95.4 Å². The number of nitrogens with zero attached hydrogens (tertiary/aromatic N) is 10. The molecule has 0 radical (unpaired) electrons. The summed E-state index contributed by atoms with van der Waals surface area (Å²) < 4.78 is 19.1. The van der Waals surface area contributed by atoms with E-state index in [0.717, 1.165) is 41.0 Å². The van der Waals surface area contributed by atoms with E-state index < -0.39 is 0 Å². The number of hydrogen-bond donors (Lipinski definition) is 0. The van der Waals surface area contributed by atoms with Crippen LogP contribution in [0.4, 0.5) is 16.0 Å². The lowest BCUT2D eigenvalue weighted by atomic mass is 10.1. The van der Waals surface area contributed by atoms with Crippen molar-refractivity contribution in [1.29, 1.82) is 0 Å². The van der Waals surface area contributed by atoms with Crippen LogP contribution in [0.5, 0.6) is 0 Å². The van der Waals surface area contributed by atoms with Gasteiger partial charge in [-0.3, -0.25) is 18.7 Å². The standard InChI is InChI=1S/C23H21FN10/c1-4-17-22-30-29-14(2)33(22)18-13-26-23(28-21(18)34(17)19-9-10-27-31(19)3)32-12-11-25-20(32)15-5-7-16(24)8-6-15/h5-13,17H,4H2,1-3H3. The Morgan fingerprint density at radius 2 is 1.85 bits per heavy atom. The van der Waals surface area contributed by atoms with Gasteiger partial charge in [-0.2, -0.15) is 10.1 Å². The highest BCUT2D eigenvalue weighted by molar-refractivity contribution is 5.70. The predicted octanol–water partition coefficient (Wildman–Crippen LogP) is 3.69. The van der Waals surface area contributed by atoms with Crippen molar-refractivity contribution in [1.82, 2.24) is 44.1 Å². The molecule has 0 bridgehead atoms. The second kappa shape index (κ2) is 7.58. The van der Waals surface area contributed by atoms with Crippen LogP contribution in [0, 0.1) is 12.7 Å². The lowest BCUT2D eigenvalue weighted by molar-refractivity contribution is 0.570. The summed E-state index contributed by atoms with van der Waals surface area (Å²) >= 11 is 0. The molecule has 1 aliphatic rings. The van der Waals surface area contributed by atoms with E-state index in [-0.39, 0.29) is 11.9 Å². The molecule has 1 unspecified atom stereocenters. The van der Waals surface area contributed by atoms with Gasteiger partial charge in [-0.15, -0.1) is 10.2 Å². The third-order valence-corrected chi connectivity index (χ3v) is 6.05. The summed E-state index contributed by atoms with van der Waals surface area (Å²) in [6, 6.07) is 8.06. The third-order valence-electron chi connectivity index (χ3n) is 6.05. The fourth-order valence-electron chi connectivity index (χ4n) is 4.48. The summed E-state index contributed by atoms with van der Waals surface area (Å²) in [5.74, 6) is 3.97. The van der Waals surface area contributed by atoms with Crippen molar-refractivity contribution < 1.29 is 4.39 Å². The number of imidazole rings is 1. The Labute approximate surface area is 194 Å². The molecule has 6 rings (SSSR count). The molecule has 10 nitrogen and oxygen atoms in total. The summed E-state index contributed by atoms with van der Waals surface area (Å²) in [5, 5.41) is 13.2. The first kappa shape index (κ1) is 20.2. The molecule has 0 amide bonds. The van der Waals surface area contributed by atoms with Gasteiger partial charge in [-0.05, 0) is 37.6 Å². The van der Waals surface area contributed by atoms with E-state index in [1.807, 2.05) is 29.3 Å². The Morgan fingerprint density at radius 3 is 2.59 bits per heavy atom. The minimum Gasteiger partial charge on any atom is -0.298 e. The summed E-state index contributed by atoms with van der Waals surface area (Å²) in [7, 11) is 1.90. The highest BCUT2D eigenvalue weighted by Crippen LogP contribution is 2.43. The van der Waals surface area contributed by atoms with Gasteiger partial charge < -0.3 is 0 Å². The van der Waals surface area contributed by atoms with Gasteiger partial charge in [0.15, 0.2) is 11.6 Å². The van der Waals surface area contributed by atoms with Crippen molar-refractivity contribution in [2.24, 2.45) is 7.05 Å². The molecule has 5 heterocycles. The van der Waals surface area contributed by atoms with Crippen molar-refractivity contribution in [2.75, 3.05) is 4.90 Å². The largest absolute Gasteiger partial charge is 0.298 e. The number of aryl methyl sites for hydroxylation is 2. The first-order valence-electron chi connectivity index (χ1n) is 10.9. The van der Waals surface area contributed by atoms with E-state index in [2.05, 4.69) is 37.1 Å². The molecule has 0 N–H and O–H groups in total. The monoisotopic (exact) mass is 456 g/mol. The molecule has 170 valence electrons. The van der Waals surface area contributed by atoms with E-state index >= 15 is 0 Å². The van der Waals surface area contributed by atoms with Gasteiger partial charge in [0.25, 0.3) is 0 Å². The summed E-state index contributed by atoms with van der Waals surface area (Å²) in [6.45, 7) is 4.03. The zero-order valence-corrected chi connectivity index (χ0v) is 18.8. The molecule has 0 spiro atoms. The Hall–Kier alpha value is -4.41. The number of halogens is 1. The van der Waals surface area contributed by atoms with Crippen LogP contribution in [-0.2, 0) is 7.05 Å². The molecule has 0 aliphatic carbocycles. The zero-order chi connectivity index (χ0) is 23.4. The van der Waals surface area contributed by atoms with Crippen LogP contribution in [0.2, 0.25) is 0 Å². The SMILES string of the molecule is CCC1c2nnc(C)n2-c2cnc(-n3ccnc3-c3ccc(F)cc3)nc2N1c1ccnn1C. The van der Waals surface area contributed by atoms with Gasteiger partial charge >= 0.3 is 0 Å². The first-order valence-corrected chi connectivity index (χ1v) is 10.9. The summed E-state index contributed by atoms with van der Waals surface area (Å²) in [6.07, 6.45) is 7.80. The maximum absolute atomic E-state index is 13.5. The number of fused-ring (bicyclic) bond motifs is 3. The highest BCUT2D eigenvalue weighted by Gasteiger charge is 2.37. The normalized spacial score (nSPS) is 14.8. The minimum absolute atomic E-state index is 0.0915. The van der Waals surface area contributed by atoms with E-state index in [9.17, 15) is 4.39 Å². The smallest absolute Gasteiger partial charge is 0.237 e. The van der Waals surface area contributed by atoms with E-state index in [1.165, 1.54) is 12.1 Å². The van der Waals surface area contributed by atoms with Gasteiger partial charge in [0.1, 0.15) is 29.0 Å². The van der Waals surface area contributed by atoms with Gasteiger partial charge in [0.2, 0.25) is 5.95 Å². The van der Waals surface area contributed by atoms with E-state index in [4.69, 9.17) is 4.98 Å². The maximum atomic E-state index is 13.5. The molecule has 0 saturated heterocycles. The molecule has 0 saturated carbocycles. The van der Waals surface area contributed by atoms with Crippen LogP contribution in [0.25, 0.3) is 23.0 Å². The molecule has 1 aliphatic heterocycles. The van der Waals surface area contributed by atoms with E-state index in [1.54, 1.807) is 41.5 Å². The number of benzene rings is 1. The molecule has 0 fully saturated rings. The average molecular weight is 456 g/mol. The molecule has 11 heteroatoms. The first-order chi connectivity index (χ1) is 16.6. The molecule has 34 heavy (non-hydrogen) atoms. The molecule has 5 aromatic rings. The van der Waals surface area contributed by atoms with E-state index in [0.29, 0.717) is 11.8 Å². The molecular weight excluding hydrogens is 435 g/mol.